The summed E-state index contributed by atoms with van der Waals surface area (Å²) in [7, 11) is 0. The number of aromatic carboxylic acids is 1. The van der Waals surface area contributed by atoms with Crippen LogP contribution in [0.15, 0.2) is 12.3 Å². The maximum Gasteiger partial charge on any atom is 0.354 e. The highest BCUT2D eigenvalue weighted by atomic mass is 19.3. The maximum absolute atomic E-state index is 12.4. The molecule has 3 N–H and O–H groups in total. The van der Waals surface area contributed by atoms with Gasteiger partial charge in [-0.05, 0) is 6.07 Å². The lowest BCUT2D eigenvalue weighted by Gasteiger charge is -2.08. The predicted molar refractivity (Wildman–Crippen MR) is 44.0 cm³/mol. The van der Waals surface area contributed by atoms with Crippen LogP contribution in [0.1, 0.15) is 28.0 Å². The first-order chi connectivity index (χ1) is 6.57. The second-order valence-corrected chi connectivity index (χ2v) is 2.54. The van der Waals surface area contributed by atoms with E-state index in [0.29, 0.717) is 0 Å². The Bertz CT molecular complexity index is 355. The van der Waals surface area contributed by atoms with Crippen molar-refractivity contribution < 1.29 is 18.7 Å². The molecule has 0 aliphatic rings. The second kappa shape index (κ2) is 4.10. The van der Waals surface area contributed by atoms with Crippen molar-refractivity contribution in [1.82, 2.24) is 4.98 Å². The molecule has 0 saturated heterocycles. The Balaban J connectivity index is 3.32. The SMILES string of the molecule is NCc1c(C(F)F)ccnc1C(=O)O. The van der Waals surface area contributed by atoms with Crippen LogP contribution in [0.2, 0.25) is 0 Å². The molecule has 1 rings (SSSR count). The first kappa shape index (κ1) is 10.5. The lowest BCUT2D eigenvalue weighted by Crippen LogP contribution is -2.12. The van der Waals surface area contributed by atoms with E-state index < -0.39 is 18.1 Å². The van der Waals surface area contributed by atoms with Crippen LogP contribution >= 0.6 is 0 Å². The number of carboxylic acid groups (broad SMARTS) is 1. The molecule has 0 amide bonds. The smallest absolute Gasteiger partial charge is 0.354 e. The van der Waals surface area contributed by atoms with Gasteiger partial charge in [-0.25, -0.2) is 18.6 Å². The van der Waals surface area contributed by atoms with Gasteiger partial charge in [-0.2, -0.15) is 0 Å². The average Bonchev–Trinajstić information content (AvgIpc) is 2.16. The Morgan fingerprint density at radius 2 is 2.29 bits per heavy atom. The van der Waals surface area contributed by atoms with Gasteiger partial charge < -0.3 is 10.8 Å². The lowest BCUT2D eigenvalue weighted by molar-refractivity contribution is 0.0688. The third-order valence-corrected chi connectivity index (χ3v) is 1.73. The zero-order valence-corrected chi connectivity index (χ0v) is 7.08. The summed E-state index contributed by atoms with van der Waals surface area (Å²) in [5, 5.41) is 8.64. The molecule has 0 bridgehead atoms. The van der Waals surface area contributed by atoms with Gasteiger partial charge in [-0.1, -0.05) is 0 Å². The number of hydrogen-bond donors (Lipinski definition) is 2. The Kier molecular flexibility index (Phi) is 3.08. The van der Waals surface area contributed by atoms with E-state index in [4.69, 9.17) is 10.8 Å². The van der Waals surface area contributed by atoms with Crippen molar-refractivity contribution in [3.05, 3.63) is 29.1 Å². The van der Waals surface area contributed by atoms with Gasteiger partial charge >= 0.3 is 5.97 Å². The van der Waals surface area contributed by atoms with Crippen molar-refractivity contribution in [2.24, 2.45) is 5.73 Å². The molecule has 4 nitrogen and oxygen atoms in total. The van der Waals surface area contributed by atoms with Gasteiger partial charge in [0.05, 0.1) is 0 Å². The molecule has 6 heteroatoms. The quantitative estimate of drug-likeness (QED) is 0.771. The van der Waals surface area contributed by atoms with Gasteiger partial charge in [-0.15, -0.1) is 0 Å². The first-order valence-corrected chi connectivity index (χ1v) is 3.77. The zero-order valence-electron chi connectivity index (χ0n) is 7.08. The number of carbonyl (C=O) groups is 1. The van der Waals surface area contributed by atoms with Crippen LogP contribution in [-0.4, -0.2) is 16.1 Å². The van der Waals surface area contributed by atoms with Crippen molar-refractivity contribution in [2.45, 2.75) is 13.0 Å². The molecule has 76 valence electrons. The van der Waals surface area contributed by atoms with Crippen LogP contribution in [0.25, 0.3) is 0 Å². The van der Waals surface area contributed by atoms with Crippen LogP contribution in [0, 0.1) is 0 Å². The number of alkyl halides is 2. The van der Waals surface area contributed by atoms with Crippen LogP contribution < -0.4 is 5.73 Å². The Hall–Kier alpha value is -1.56. The molecule has 14 heavy (non-hydrogen) atoms. The molecule has 1 aromatic heterocycles. The van der Waals surface area contributed by atoms with E-state index in [1.165, 1.54) is 0 Å². The van der Waals surface area contributed by atoms with Gasteiger partial charge in [0.25, 0.3) is 6.43 Å². The van der Waals surface area contributed by atoms with Gasteiger partial charge in [-0.3, -0.25) is 0 Å². The molecule has 0 spiro atoms. The Labute approximate surface area is 78.4 Å². The average molecular weight is 202 g/mol. The van der Waals surface area contributed by atoms with E-state index in [-0.39, 0.29) is 17.7 Å². The van der Waals surface area contributed by atoms with E-state index in [1.807, 2.05) is 0 Å². The molecule has 0 unspecified atom stereocenters. The number of nitrogens with zero attached hydrogens (tertiary/aromatic N) is 1. The highest BCUT2D eigenvalue weighted by molar-refractivity contribution is 5.87. The number of carboxylic acids is 1. The van der Waals surface area contributed by atoms with Crippen LogP contribution in [-0.2, 0) is 6.54 Å². The lowest BCUT2D eigenvalue weighted by atomic mass is 10.1. The van der Waals surface area contributed by atoms with Crippen LogP contribution in [0.5, 0.6) is 0 Å². The molecule has 0 radical (unpaired) electrons. The fourth-order valence-electron chi connectivity index (χ4n) is 1.11. The molecule has 0 aliphatic heterocycles. The molecule has 0 saturated carbocycles. The molecule has 0 aromatic carbocycles. The number of aromatic nitrogens is 1. The highest BCUT2D eigenvalue weighted by Gasteiger charge is 2.19. The summed E-state index contributed by atoms with van der Waals surface area (Å²) in [6, 6.07) is 1.07. The highest BCUT2D eigenvalue weighted by Crippen LogP contribution is 2.23. The minimum absolute atomic E-state index is 0.116. The number of nitrogens with two attached hydrogens (primary N) is 1. The van der Waals surface area contributed by atoms with Crippen LogP contribution in [0.3, 0.4) is 0 Å². The summed E-state index contributed by atoms with van der Waals surface area (Å²) < 4.78 is 24.8. The standard InChI is InChI=1S/C8H8F2N2O2/c9-7(10)4-1-2-12-6(8(13)14)5(4)3-11/h1-2,7H,3,11H2,(H,13,14). The molecular formula is C8H8F2N2O2. The number of rotatable bonds is 3. The minimum Gasteiger partial charge on any atom is -0.477 e. The molecule has 1 heterocycles. The predicted octanol–water partition coefficient (Wildman–Crippen LogP) is 1.18. The van der Waals surface area contributed by atoms with Gasteiger partial charge in [0.1, 0.15) is 0 Å². The van der Waals surface area contributed by atoms with Crippen molar-refractivity contribution in [3.63, 3.8) is 0 Å². The summed E-state index contributed by atoms with van der Waals surface area (Å²) in [6.07, 6.45) is -1.71. The molecule has 0 aliphatic carbocycles. The van der Waals surface area contributed by atoms with Gasteiger partial charge in [0.2, 0.25) is 0 Å². The van der Waals surface area contributed by atoms with E-state index >= 15 is 0 Å². The van der Waals surface area contributed by atoms with Crippen molar-refractivity contribution in [2.75, 3.05) is 0 Å². The van der Waals surface area contributed by atoms with Crippen LogP contribution in [0.4, 0.5) is 8.78 Å². The second-order valence-electron chi connectivity index (χ2n) is 2.54. The summed E-state index contributed by atoms with van der Waals surface area (Å²) in [4.78, 5) is 14.1. The summed E-state index contributed by atoms with van der Waals surface area (Å²) in [6.45, 7) is -0.269. The van der Waals surface area contributed by atoms with Gasteiger partial charge in [0, 0.05) is 23.9 Å². The molecular weight excluding hydrogens is 194 g/mol. The summed E-state index contributed by atoms with van der Waals surface area (Å²) in [5.41, 5.74) is 4.29. The van der Waals surface area contributed by atoms with Crippen molar-refractivity contribution in [1.29, 1.82) is 0 Å². The molecule has 0 atom stereocenters. The topological polar surface area (TPSA) is 76.2 Å². The number of halogens is 2. The fourth-order valence-corrected chi connectivity index (χ4v) is 1.11. The number of pyridine rings is 1. The number of hydrogen-bond acceptors (Lipinski definition) is 3. The summed E-state index contributed by atoms with van der Waals surface area (Å²) >= 11 is 0. The Morgan fingerprint density at radius 3 is 2.71 bits per heavy atom. The van der Waals surface area contributed by atoms with Crippen molar-refractivity contribution >= 4 is 5.97 Å². The first-order valence-electron chi connectivity index (χ1n) is 3.77. The monoisotopic (exact) mass is 202 g/mol. The normalized spacial score (nSPS) is 10.6. The van der Waals surface area contributed by atoms with Crippen molar-refractivity contribution in [3.8, 4) is 0 Å². The Morgan fingerprint density at radius 1 is 1.64 bits per heavy atom. The van der Waals surface area contributed by atoms with E-state index in [9.17, 15) is 13.6 Å². The van der Waals surface area contributed by atoms with E-state index in [1.54, 1.807) is 0 Å². The third kappa shape index (κ3) is 1.85. The van der Waals surface area contributed by atoms with E-state index in [0.717, 1.165) is 12.3 Å². The fraction of sp³-hybridized carbons (Fsp3) is 0.250. The zero-order chi connectivity index (χ0) is 10.7. The van der Waals surface area contributed by atoms with Gasteiger partial charge in [0.15, 0.2) is 5.69 Å². The summed E-state index contributed by atoms with van der Waals surface area (Å²) in [5.74, 6) is -1.35. The molecule has 1 aromatic rings. The maximum atomic E-state index is 12.4. The molecule has 0 fully saturated rings. The largest absolute Gasteiger partial charge is 0.477 e. The third-order valence-electron chi connectivity index (χ3n) is 1.73. The van der Waals surface area contributed by atoms with E-state index in [2.05, 4.69) is 4.98 Å². The minimum atomic E-state index is -2.74.